The van der Waals surface area contributed by atoms with Crippen LogP contribution in [-0.4, -0.2) is 20.8 Å². The van der Waals surface area contributed by atoms with E-state index in [1.165, 1.54) is 16.8 Å². The fourth-order valence-corrected chi connectivity index (χ4v) is 4.06. The molecule has 10 heteroatoms. The van der Waals surface area contributed by atoms with Crippen LogP contribution in [0, 0.1) is 10.1 Å². The molecular formula is C26H22BrClN4O4. The second-order valence-corrected chi connectivity index (χ2v) is 10.4. The molecule has 184 valence electrons. The minimum atomic E-state index is -0.451. The van der Waals surface area contributed by atoms with Gasteiger partial charge in [-0.25, -0.2) is 4.98 Å². The average molecular weight is 570 g/mol. The van der Waals surface area contributed by atoms with Gasteiger partial charge < -0.3 is 4.74 Å². The molecule has 36 heavy (non-hydrogen) atoms. The molecular weight excluding hydrogens is 548 g/mol. The van der Waals surface area contributed by atoms with Crippen LogP contribution in [0.1, 0.15) is 37.7 Å². The molecule has 8 nitrogen and oxygen atoms in total. The molecule has 4 aromatic rings. The molecule has 0 aliphatic heterocycles. The van der Waals surface area contributed by atoms with E-state index in [0.29, 0.717) is 33.1 Å². The molecule has 0 saturated heterocycles. The summed E-state index contributed by atoms with van der Waals surface area (Å²) in [6.45, 7) is 6.12. The lowest BCUT2D eigenvalue weighted by Crippen LogP contribution is -2.29. The van der Waals surface area contributed by atoms with Gasteiger partial charge in [0.25, 0.3) is 11.2 Å². The fraction of sp³-hybridized carbons (Fsp3) is 0.192. The molecule has 0 radical (unpaired) electrons. The largest absolute Gasteiger partial charge is 0.487 e. The Labute approximate surface area is 220 Å². The molecule has 0 N–H and O–H groups in total. The third kappa shape index (κ3) is 5.63. The van der Waals surface area contributed by atoms with Gasteiger partial charge in [0.05, 0.1) is 27.1 Å². The molecule has 0 atom stereocenters. The number of benzene rings is 3. The van der Waals surface area contributed by atoms with Crippen molar-refractivity contribution in [2.75, 3.05) is 0 Å². The molecule has 0 aliphatic carbocycles. The molecule has 3 aromatic carbocycles. The Hall–Kier alpha value is -3.56. The van der Waals surface area contributed by atoms with Crippen LogP contribution in [-0.2, 0) is 12.0 Å². The topological polar surface area (TPSA) is 99.6 Å². The summed E-state index contributed by atoms with van der Waals surface area (Å²) in [4.78, 5) is 28.3. The fourth-order valence-electron chi connectivity index (χ4n) is 3.46. The highest BCUT2D eigenvalue weighted by Gasteiger charge is 2.23. The van der Waals surface area contributed by atoms with E-state index in [9.17, 15) is 14.9 Å². The highest BCUT2D eigenvalue weighted by molar-refractivity contribution is 9.10. The number of rotatable bonds is 6. The maximum Gasteiger partial charge on any atom is 0.282 e. The van der Waals surface area contributed by atoms with Crippen LogP contribution in [0.3, 0.4) is 0 Å². The lowest BCUT2D eigenvalue weighted by molar-refractivity contribution is -0.384. The number of fused-ring (bicyclic) bond motifs is 1. The number of nitrogens with zero attached hydrogens (tertiary/aromatic N) is 4. The highest BCUT2D eigenvalue weighted by atomic mass is 79.9. The monoisotopic (exact) mass is 568 g/mol. The van der Waals surface area contributed by atoms with Crippen LogP contribution < -0.4 is 10.3 Å². The van der Waals surface area contributed by atoms with Crippen molar-refractivity contribution in [3.8, 4) is 5.75 Å². The summed E-state index contributed by atoms with van der Waals surface area (Å²) in [5, 5.41) is 16.1. The standard InChI is InChI=1S/C26H22BrClN4O4/c1-26(2,3)25-30-22-10-7-18(27)13-20(22)24(33)31(25)29-14-17-6-11-23(21(28)12-17)36-15-16-4-8-19(9-5-16)32(34)35/h4-14H,15H2,1-3H3. The first-order valence-electron chi connectivity index (χ1n) is 11.0. The molecule has 4 rings (SSSR count). The Morgan fingerprint density at radius 2 is 1.86 bits per heavy atom. The van der Waals surface area contributed by atoms with Crippen molar-refractivity contribution in [1.29, 1.82) is 0 Å². The van der Waals surface area contributed by atoms with Crippen molar-refractivity contribution in [3.05, 3.63) is 108 Å². The number of hydrogen-bond acceptors (Lipinski definition) is 6. The van der Waals surface area contributed by atoms with Crippen molar-refractivity contribution in [2.45, 2.75) is 32.8 Å². The van der Waals surface area contributed by atoms with Crippen LogP contribution >= 0.6 is 27.5 Å². The van der Waals surface area contributed by atoms with Gasteiger partial charge in [0, 0.05) is 22.0 Å². The Bertz CT molecular complexity index is 1540. The summed E-state index contributed by atoms with van der Waals surface area (Å²) in [7, 11) is 0. The molecule has 0 spiro atoms. The van der Waals surface area contributed by atoms with Gasteiger partial charge in [0.1, 0.15) is 18.2 Å². The average Bonchev–Trinajstić information content (AvgIpc) is 2.82. The Morgan fingerprint density at radius 3 is 2.50 bits per heavy atom. The zero-order valence-corrected chi connectivity index (χ0v) is 22.1. The maximum atomic E-state index is 13.3. The first-order chi connectivity index (χ1) is 17.0. The summed E-state index contributed by atoms with van der Waals surface area (Å²) >= 11 is 9.82. The lowest BCUT2D eigenvalue weighted by atomic mass is 9.95. The van der Waals surface area contributed by atoms with Gasteiger partial charge in [-0.05, 0) is 59.7 Å². The number of non-ortho nitro benzene ring substituents is 1. The van der Waals surface area contributed by atoms with Crippen molar-refractivity contribution >= 4 is 50.3 Å². The van der Waals surface area contributed by atoms with E-state index in [1.807, 2.05) is 26.8 Å². The first kappa shape index (κ1) is 25.5. The predicted molar refractivity (Wildman–Crippen MR) is 144 cm³/mol. The van der Waals surface area contributed by atoms with Crippen molar-refractivity contribution in [3.63, 3.8) is 0 Å². The molecule has 0 saturated carbocycles. The molecule has 0 fully saturated rings. The van der Waals surface area contributed by atoms with Crippen LogP contribution in [0.5, 0.6) is 5.75 Å². The van der Waals surface area contributed by atoms with Gasteiger partial charge in [-0.3, -0.25) is 14.9 Å². The third-order valence-electron chi connectivity index (χ3n) is 5.30. The number of hydrogen-bond donors (Lipinski definition) is 0. The second-order valence-electron chi connectivity index (χ2n) is 9.11. The molecule has 1 heterocycles. The van der Waals surface area contributed by atoms with Crippen molar-refractivity contribution in [2.24, 2.45) is 5.10 Å². The summed E-state index contributed by atoms with van der Waals surface area (Å²) in [5.74, 6) is 0.990. The van der Waals surface area contributed by atoms with Gasteiger partial charge in [-0.15, -0.1) is 0 Å². The minimum absolute atomic E-state index is 0.0170. The predicted octanol–water partition coefficient (Wildman–Crippen LogP) is 6.48. The SMILES string of the molecule is CC(C)(C)c1nc2ccc(Br)cc2c(=O)n1N=Cc1ccc(OCc2ccc([N+](=O)[O-])cc2)c(Cl)c1. The number of halogens is 2. The van der Waals surface area contributed by atoms with E-state index in [-0.39, 0.29) is 17.9 Å². The van der Waals surface area contributed by atoms with Gasteiger partial charge in [-0.2, -0.15) is 9.78 Å². The first-order valence-corrected chi connectivity index (χ1v) is 12.1. The van der Waals surface area contributed by atoms with Crippen molar-refractivity contribution in [1.82, 2.24) is 9.66 Å². The highest BCUT2D eigenvalue weighted by Crippen LogP contribution is 2.27. The minimum Gasteiger partial charge on any atom is -0.487 e. The van der Waals surface area contributed by atoms with Crippen molar-refractivity contribution < 1.29 is 9.66 Å². The van der Waals surface area contributed by atoms with E-state index < -0.39 is 10.3 Å². The van der Waals surface area contributed by atoms with Gasteiger partial charge in [0.15, 0.2) is 0 Å². The lowest BCUT2D eigenvalue weighted by Gasteiger charge is -2.20. The Morgan fingerprint density at radius 1 is 1.14 bits per heavy atom. The number of aromatic nitrogens is 2. The number of ether oxygens (including phenoxy) is 1. The molecule has 0 amide bonds. The van der Waals surface area contributed by atoms with Crippen LogP contribution in [0.25, 0.3) is 10.9 Å². The van der Waals surface area contributed by atoms with Gasteiger partial charge >= 0.3 is 0 Å². The van der Waals surface area contributed by atoms with E-state index in [4.69, 9.17) is 21.3 Å². The number of nitro benzene ring substituents is 1. The maximum absolute atomic E-state index is 13.3. The van der Waals surface area contributed by atoms with Crippen LogP contribution in [0.15, 0.2) is 75.0 Å². The van der Waals surface area contributed by atoms with Crippen LogP contribution in [0.2, 0.25) is 5.02 Å². The quantitative estimate of drug-likeness (QED) is 0.150. The number of nitro groups is 1. The Kier molecular flexibility index (Phi) is 7.23. The van der Waals surface area contributed by atoms with Gasteiger partial charge in [-0.1, -0.05) is 48.3 Å². The summed E-state index contributed by atoms with van der Waals surface area (Å²) in [5.41, 5.74) is 1.37. The normalized spacial score (nSPS) is 11.8. The summed E-state index contributed by atoms with van der Waals surface area (Å²) in [6, 6.07) is 16.7. The zero-order valence-electron chi connectivity index (χ0n) is 19.7. The molecule has 1 aromatic heterocycles. The third-order valence-corrected chi connectivity index (χ3v) is 6.09. The second kappa shape index (κ2) is 10.2. The summed E-state index contributed by atoms with van der Waals surface area (Å²) < 4.78 is 7.87. The smallest absolute Gasteiger partial charge is 0.282 e. The molecule has 0 bridgehead atoms. The molecule has 0 aliphatic rings. The Balaban J connectivity index is 1.59. The van der Waals surface area contributed by atoms with Gasteiger partial charge in [0.2, 0.25) is 0 Å². The van der Waals surface area contributed by atoms with Crippen LogP contribution in [0.4, 0.5) is 5.69 Å². The zero-order chi connectivity index (χ0) is 26.0. The van der Waals surface area contributed by atoms with E-state index in [0.717, 1.165) is 10.0 Å². The van der Waals surface area contributed by atoms with E-state index in [1.54, 1.807) is 48.7 Å². The van der Waals surface area contributed by atoms with E-state index in [2.05, 4.69) is 21.0 Å². The van der Waals surface area contributed by atoms with E-state index >= 15 is 0 Å². The summed E-state index contributed by atoms with van der Waals surface area (Å²) in [6.07, 6.45) is 1.55. The molecule has 0 unspecified atom stereocenters.